The zero-order chi connectivity index (χ0) is 24.5. The van der Waals surface area contributed by atoms with Gasteiger partial charge in [-0.05, 0) is 62.6 Å². The van der Waals surface area contributed by atoms with Gasteiger partial charge >= 0.3 is 0 Å². The Kier molecular flexibility index (Phi) is 6.80. The number of hydrogen-bond acceptors (Lipinski definition) is 4. The molecule has 34 heavy (non-hydrogen) atoms. The van der Waals surface area contributed by atoms with Crippen molar-refractivity contribution in [2.75, 3.05) is 22.9 Å². The molecule has 0 fully saturated rings. The summed E-state index contributed by atoms with van der Waals surface area (Å²) in [5.74, 6) is -0.327. The van der Waals surface area contributed by atoms with Crippen LogP contribution in [-0.2, 0) is 22.8 Å². The highest BCUT2D eigenvalue weighted by molar-refractivity contribution is 7.95. The minimum absolute atomic E-state index is 0.158. The molecule has 1 aliphatic heterocycles. The van der Waals surface area contributed by atoms with Crippen LogP contribution in [-0.4, -0.2) is 21.5 Å². The van der Waals surface area contributed by atoms with E-state index in [-0.39, 0.29) is 17.1 Å². The van der Waals surface area contributed by atoms with Crippen molar-refractivity contribution < 1.29 is 12.8 Å². The second-order valence-electron chi connectivity index (χ2n) is 8.76. The molecule has 0 amide bonds. The summed E-state index contributed by atoms with van der Waals surface area (Å²) in [4.78, 5) is 4.49. The van der Waals surface area contributed by atoms with Crippen LogP contribution in [0.4, 0.5) is 15.8 Å². The molecular formula is C28H31FN2O2S. The minimum Gasteiger partial charge on any atom is -0.370 e. The van der Waals surface area contributed by atoms with Gasteiger partial charge < -0.3 is 9.80 Å². The molecule has 0 bridgehead atoms. The quantitative estimate of drug-likeness (QED) is 0.407. The van der Waals surface area contributed by atoms with Crippen molar-refractivity contribution in [1.29, 1.82) is 0 Å². The predicted molar refractivity (Wildman–Crippen MR) is 137 cm³/mol. The molecule has 0 spiro atoms. The van der Waals surface area contributed by atoms with Gasteiger partial charge in [-0.2, -0.15) is 0 Å². The number of rotatable bonds is 7. The van der Waals surface area contributed by atoms with Gasteiger partial charge in [-0.25, -0.2) is 12.8 Å². The highest BCUT2D eigenvalue weighted by Gasteiger charge is 2.30. The van der Waals surface area contributed by atoms with Crippen LogP contribution < -0.4 is 9.80 Å². The molecule has 0 aromatic heterocycles. The van der Waals surface area contributed by atoms with Gasteiger partial charge in [-0.3, -0.25) is 0 Å². The Hall–Kier alpha value is -3.12. The summed E-state index contributed by atoms with van der Waals surface area (Å²) in [6, 6.07) is 18.6. The van der Waals surface area contributed by atoms with E-state index in [0.29, 0.717) is 41.3 Å². The summed E-state index contributed by atoms with van der Waals surface area (Å²) in [5, 5.41) is 0. The summed E-state index contributed by atoms with van der Waals surface area (Å²) in [7, 11) is -3.74. The molecule has 3 aromatic rings. The lowest BCUT2D eigenvalue weighted by atomic mass is 10.0. The number of sulfone groups is 1. The first-order valence-corrected chi connectivity index (χ1v) is 13.1. The topological polar surface area (TPSA) is 40.6 Å². The molecule has 0 saturated carbocycles. The first-order chi connectivity index (χ1) is 16.2. The standard InChI is InChI=1S/C28H31FN2O2S/c1-5-30(6-2)27-17-26-23(16-25(27)29)15-24(19-31(26)18-22-10-8-7-9-11-22)34(32,33)28-13-12-20(3)14-21(28)4/h7-14,16-17,19H,5-6,15,18H2,1-4H3. The SMILES string of the molecule is CCN(CC)c1cc2c(cc1F)CC(S(=O)(=O)c1ccc(C)cc1C)=CN2Cc1ccccc1. The van der Waals surface area contributed by atoms with Gasteiger partial charge in [0.2, 0.25) is 9.84 Å². The van der Waals surface area contributed by atoms with E-state index in [9.17, 15) is 8.42 Å². The van der Waals surface area contributed by atoms with Crippen molar-refractivity contribution in [3.8, 4) is 0 Å². The van der Waals surface area contributed by atoms with Crippen LogP contribution in [0.1, 0.15) is 36.1 Å². The minimum atomic E-state index is -3.74. The molecule has 0 atom stereocenters. The van der Waals surface area contributed by atoms with Crippen molar-refractivity contribution in [2.24, 2.45) is 0 Å². The molecule has 0 unspecified atom stereocenters. The third-order valence-corrected chi connectivity index (χ3v) is 8.36. The second-order valence-corrected chi connectivity index (χ2v) is 10.7. The maximum Gasteiger partial charge on any atom is 0.204 e. The first kappa shape index (κ1) is 24.0. The Bertz CT molecular complexity index is 1330. The van der Waals surface area contributed by atoms with Crippen LogP contribution in [0.25, 0.3) is 0 Å². The number of hydrogen-bond donors (Lipinski definition) is 0. The van der Waals surface area contributed by atoms with Gasteiger partial charge in [0.15, 0.2) is 0 Å². The van der Waals surface area contributed by atoms with E-state index in [1.54, 1.807) is 12.3 Å². The van der Waals surface area contributed by atoms with E-state index in [0.717, 1.165) is 16.8 Å². The Morgan fingerprint density at radius 2 is 1.68 bits per heavy atom. The molecule has 4 nitrogen and oxygen atoms in total. The van der Waals surface area contributed by atoms with Crippen LogP contribution in [0.5, 0.6) is 0 Å². The molecule has 0 saturated heterocycles. The third-order valence-electron chi connectivity index (χ3n) is 6.39. The number of halogens is 1. The average molecular weight is 479 g/mol. The molecule has 1 aliphatic rings. The molecule has 0 radical (unpaired) electrons. The third kappa shape index (κ3) is 4.60. The second kappa shape index (κ2) is 9.63. The number of benzene rings is 3. The molecule has 178 valence electrons. The average Bonchev–Trinajstić information content (AvgIpc) is 2.80. The Morgan fingerprint density at radius 3 is 2.32 bits per heavy atom. The fourth-order valence-electron chi connectivity index (χ4n) is 4.60. The number of anilines is 2. The van der Waals surface area contributed by atoms with E-state index in [1.807, 2.05) is 86.0 Å². The van der Waals surface area contributed by atoms with Crippen LogP contribution in [0, 0.1) is 19.7 Å². The van der Waals surface area contributed by atoms with E-state index in [4.69, 9.17) is 0 Å². The van der Waals surface area contributed by atoms with Crippen molar-refractivity contribution in [3.05, 3.63) is 99.8 Å². The van der Waals surface area contributed by atoms with Gasteiger partial charge in [0.05, 0.1) is 15.5 Å². The highest BCUT2D eigenvalue weighted by Crippen LogP contribution is 2.38. The molecule has 0 aliphatic carbocycles. The molecule has 0 N–H and O–H groups in total. The predicted octanol–water partition coefficient (Wildman–Crippen LogP) is 6.17. The van der Waals surface area contributed by atoms with E-state index >= 15 is 4.39 Å². The van der Waals surface area contributed by atoms with E-state index in [1.165, 1.54) is 6.07 Å². The fourth-order valence-corrected chi connectivity index (χ4v) is 6.23. The molecule has 3 aromatic carbocycles. The Balaban J connectivity index is 1.84. The monoisotopic (exact) mass is 478 g/mol. The normalized spacial score (nSPS) is 13.4. The summed E-state index contributed by atoms with van der Waals surface area (Å²) in [5.41, 5.74) is 4.82. The van der Waals surface area contributed by atoms with Crippen molar-refractivity contribution in [3.63, 3.8) is 0 Å². The lowest BCUT2D eigenvalue weighted by molar-refractivity contribution is 0.598. The molecular weight excluding hydrogens is 447 g/mol. The molecule has 4 rings (SSSR count). The zero-order valence-electron chi connectivity index (χ0n) is 20.2. The Morgan fingerprint density at radius 1 is 0.971 bits per heavy atom. The smallest absolute Gasteiger partial charge is 0.204 e. The summed E-state index contributed by atoms with van der Waals surface area (Å²) < 4.78 is 42.5. The Labute approximate surface area is 202 Å². The molecule has 1 heterocycles. The lowest BCUT2D eigenvalue weighted by Gasteiger charge is -2.32. The van der Waals surface area contributed by atoms with Gasteiger partial charge in [0.25, 0.3) is 0 Å². The largest absolute Gasteiger partial charge is 0.370 e. The summed E-state index contributed by atoms with van der Waals surface area (Å²) >= 11 is 0. The van der Waals surface area contributed by atoms with E-state index in [2.05, 4.69) is 0 Å². The fraction of sp³-hybridized carbons (Fsp3) is 0.286. The van der Waals surface area contributed by atoms with Crippen molar-refractivity contribution in [1.82, 2.24) is 0 Å². The summed E-state index contributed by atoms with van der Waals surface area (Å²) in [6.45, 7) is 9.62. The van der Waals surface area contributed by atoms with Crippen LogP contribution in [0.3, 0.4) is 0 Å². The lowest BCUT2D eigenvalue weighted by Crippen LogP contribution is -2.27. The number of aryl methyl sites for hydroxylation is 2. The maximum absolute atomic E-state index is 15.2. The van der Waals surface area contributed by atoms with Crippen LogP contribution >= 0.6 is 0 Å². The maximum atomic E-state index is 15.2. The zero-order valence-corrected chi connectivity index (χ0v) is 21.0. The van der Waals surface area contributed by atoms with Gasteiger partial charge in [0.1, 0.15) is 5.82 Å². The van der Waals surface area contributed by atoms with Crippen LogP contribution in [0.2, 0.25) is 0 Å². The first-order valence-electron chi connectivity index (χ1n) is 11.7. The van der Waals surface area contributed by atoms with Crippen LogP contribution in [0.15, 0.2) is 76.7 Å². The van der Waals surface area contributed by atoms with Gasteiger partial charge in [0, 0.05) is 37.9 Å². The summed E-state index contributed by atoms with van der Waals surface area (Å²) in [6.07, 6.45) is 1.89. The van der Waals surface area contributed by atoms with E-state index < -0.39 is 9.84 Å². The highest BCUT2D eigenvalue weighted by atomic mass is 32.2. The van der Waals surface area contributed by atoms with Gasteiger partial charge in [-0.15, -0.1) is 0 Å². The number of fused-ring (bicyclic) bond motifs is 1. The number of allylic oxidation sites excluding steroid dienone is 1. The van der Waals surface area contributed by atoms with Gasteiger partial charge in [-0.1, -0.05) is 48.0 Å². The molecule has 6 heteroatoms. The van der Waals surface area contributed by atoms with Crippen molar-refractivity contribution >= 4 is 21.2 Å². The van der Waals surface area contributed by atoms with Crippen molar-refractivity contribution in [2.45, 2.75) is 45.6 Å². The number of nitrogens with zero attached hydrogens (tertiary/aromatic N) is 2.